The second kappa shape index (κ2) is 6.95. The minimum atomic E-state index is -0.304. The Morgan fingerprint density at radius 3 is 1.59 bits per heavy atom. The molecule has 4 aliphatic rings. The monoisotopic (exact) mass is 448 g/mol. The molecule has 2 nitrogen and oxygen atoms in total. The molecule has 4 saturated carbocycles. The fraction of sp³-hybridized carbons (Fsp3) is 0.586. The van der Waals surface area contributed by atoms with Crippen LogP contribution in [0.3, 0.4) is 0 Å². The first-order valence-electron chi connectivity index (χ1n) is 12.3. The van der Waals surface area contributed by atoms with Crippen molar-refractivity contribution in [3.63, 3.8) is 0 Å². The van der Waals surface area contributed by atoms with E-state index in [2.05, 4.69) is 83.7 Å². The summed E-state index contributed by atoms with van der Waals surface area (Å²) in [5, 5.41) is 0. The summed E-state index contributed by atoms with van der Waals surface area (Å²) in [6.45, 7) is 11.2. The van der Waals surface area contributed by atoms with Crippen LogP contribution in [0.1, 0.15) is 77.8 Å². The highest BCUT2D eigenvalue weighted by atomic mass is 32.1. The Morgan fingerprint density at radius 1 is 0.812 bits per heavy atom. The number of fused-ring (bicyclic) bond motifs is 4. The van der Waals surface area contributed by atoms with E-state index >= 15 is 0 Å². The van der Waals surface area contributed by atoms with Gasteiger partial charge in [0, 0.05) is 22.2 Å². The highest BCUT2D eigenvalue weighted by Crippen LogP contribution is 2.68. The van der Waals surface area contributed by atoms with Gasteiger partial charge in [0.1, 0.15) is 0 Å². The molecule has 4 atom stereocenters. The van der Waals surface area contributed by atoms with Gasteiger partial charge in [0.2, 0.25) is 0 Å². The van der Waals surface area contributed by atoms with Crippen LogP contribution in [0.25, 0.3) is 12.2 Å². The van der Waals surface area contributed by atoms with Gasteiger partial charge in [-0.3, -0.25) is 9.59 Å². The second-order valence-corrected chi connectivity index (χ2v) is 12.1. The molecule has 0 N–H and O–H groups in total. The summed E-state index contributed by atoms with van der Waals surface area (Å²) < 4.78 is 0. The molecule has 4 aliphatic carbocycles. The van der Waals surface area contributed by atoms with E-state index in [9.17, 15) is 9.59 Å². The maximum atomic E-state index is 13.3. The lowest BCUT2D eigenvalue weighted by molar-refractivity contribution is -0.127. The number of allylic oxidation sites excluding steroid dienone is 2. The number of thiol groups is 1. The van der Waals surface area contributed by atoms with Crippen LogP contribution in [0, 0.1) is 33.5 Å². The van der Waals surface area contributed by atoms with E-state index in [1.807, 2.05) is 0 Å². The molecule has 170 valence electrons. The lowest BCUT2D eigenvalue weighted by Crippen LogP contribution is -2.37. The van der Waals surface area contributed by atoms with E-state index in [0.717, 1.165) is 54.4 Å². The maximum absolute atomic E-state index is 13.3. The molecule has 0 aliphatic heterocycles. The number of rotatable bonds is 4. The Hall–Kier alpha value is -1.61. The predicted octanol–water partition coefficient (Wildman–Crippen LogP) is 6.80. The van der Waals surface area contributed by atoms with Crippen LogP contribution in [-0.4, -0.2) is 17.3 Å². The quantitative estimate of drug-likeness (QED) is 0.406. The van der Waals surface area contributed by atoms with Gasteiger partial charge in [-0.25, -0.2) is 0 Å². The maximum Gasteiger partial charge on any atom is 0.166 e. The normalized spacial score (nSPS) is 39.1. The summed E-state index contributed by atoms with van der Waals surface area (Å²) in [4.78, 5) is 26.6. The molecule has 0 amide bonds. The fourth-order valence-corrected chi connectivity index (χ4v) is 8.82. The first-order chi connectivity index (χ1) is 15.1. The van der Waals surface area contributed by atoms with Gasteiger partial charge in [-0.15, -0.1) is 0 Å². The summed E-state index contributed by atoms with van der Waals surface area (Å²) in [6, 6.07) is 8.39. The van der Waals surface area contributed by atoms with Crippen molar-refractivity contribution in [3.05, 3.63) is 46.5 Å². The Balaban J connectivity index is 1.43. The summed E-state index contributed by atoms with van der Waals surface area (Å²) in [5.41, 5.74) is 3.70. The number of carbonyl (C=O) groups is 2. The first kappa shape index (κ1) is 22.2. The molecule has 0 spiro atoms. The van der Waals surface area contributed by atoms with Crippen LogP contribution in [0.5, 0.6) is 0 Å². The minimum Gasteiger partial charge on any atom is -0.294 e. The molecule has 32 heavy (non-hydrogen) atoms. The van der Waals surface area contributed by atoms with Gasteiger partial charge in [0.15, 0.2) is 11.6 Å². The molecule has 0 heterocycles. The number of carbonyl (C=O) groups excluding carboxylic acids is 2. The largest absolute Gasteiger partial charge is 0.294 e. The average Bonchev–Trinajstić information content (AvgIpc) is 3.29. The van der Waals surface area contributed by atoms with E-state index in [0.29, 0.717) is 29.2 Å². The average molecular weight is 449 g/mol. The number of hydrogen-bond acceptors (Lipinski definition) is 3. The number of Topliss-reactive ketones (excluding diaryl/α,β-unsaturated/α-hetero) is 2. The third kappa shape index (κ3) is 2.50. The third-order valence-electron chi connectivity index (χ3n) is 10.5. The predicted molar refractivity (Wildman–Crippen MR) is 134 cm³/mol. The van der Waals surface area contributed by atoms with Crippen LogP contribution < -0.4 is 0 Å². The zero-order valence-corrected chi connectivity index (χ0v) is 21.0. The standard InChI is InChI=1S/C29H36O2S/c1-6-28-13-11-22(26(28,2)3)20(24(28)30)15-18-7-9-19(10-8-18)16-21-23-12-14-29(17-32,25(21)31)27(23,4)5/h7-10,15-16,22-23,32H,6,11-14,17H2,1-5H3/b20-15+,21-16+. The van der Waals surface area contributed by atoms with Crippen LogP contribution in [0.2, 0.25) is 0 Å². The molecule has 0 aromatic heterocycles. The Morgan fingerprint density at radius 2 is 1.22 bits per heavy atom. The minimum absolute atomic E-state index is 0.0216. The van der Waals surface area contributed by atoms with Crippen molar-refractivity contribution < 1.29 is 9.59 Å². The second-order valence-electron chi connectivity index (χ2n) is 11.8. The molecule has 1 aromatic rings. The molecule has 3 heteroatoms. The molecular formula is C29H36O2S. The van der Waals surface area contributed by atoms with E-state index in [-0.39, 0.29) is 21.7 Å². The molecule has 4 fully saturated rings. The Bertz CT molecular complexity index is 972. The van der Waals surface area contributed by atoms with Crippen molar-refractivity contribution in [3.8, 4) is 0 Å². The van der Waals surface area contributed by atoms with Crippen molar-refractivity contribution in [1.29, 1.82) is 0 Å². The smallest absolute Gasteiger partial charge is 0.166 e. The summed E-state index contributed by atoms with van der Waals surface area (Å²) in [7, 11) is 0. The van der Waals surface area contributed by atoms with Crippen LogP contribution >= 0.6 is 12.6 Å². The highest BCUT2D eigenvalue weighted by Gasteiger charge is 2.66. The SMILES string of the molecule is CCC12CCC(/C(=C\c3ccc(/C=C4/C(=O)C5(CS)CCC4C5(C)C)cc3)C1=O)C2(C)C. The van der Waals surface area contributed by atoms with Gasteiger partial charge in [0.05, 0.1) is 0 Å². The molecule has 0 radical (unpaired) electrons. The lowest BCUT2D eigenvalue weighted by Gasteiger charge is -2.34. The zero-order chi connectivity index (χ0) is 23.1. The molecule has 0 saturated heterocycles. The summed E-state index contributed by atoms with van der Waals surface area (Å²) in [5.74, 6) is 1.99. The lowest BCUT2D eigenvalue weighted by atomic mass is 9.67. The van der Waals surface area contributed by atoms with E-state index in [4.69, 9.17) is 0 Å². The molecule has 4 unspecified atom stereocenters. The van der Waals surface area contributed by atoms with Gasteiger partial charge in [0.25, 0.3) is 0 Å². The third-order valence-corrected chi connectivity index (χ3v) is 11.1. The number of ketones is 2. The van der Waals surface area contributed by atoms with Crippen molar-refractivity contribution in [2.24, 2.45) is 33.5 Å². The molecule has 4 bridgehead atoms. The molecule has 1 aromatic carbocycles. The van der Waals surface area contributed by atoms with Gasteiger partial charge < -0.3 is 0 Å². The highest BCUT2D eigenvalue weighted by molar-refractivity contribution is 7.80. The van der Waals surface area contributed by atoms with Gasteiger partial charge in [-0.2, -0.15) is 12.6 Å². The fourth-order valence-electron chi connectivity index (χ4n) is 8.11. The van der Waals surface area contributed by atoms with Gasteiger partial charge in [-0.1, -0.05) is 58.9 Å². The number of hydrogen-bond donors (Lipinski definition) is 1. The van der Waals surface area contributed by atoms with E-state index < -0.39 is 0 Å². The topological polar surface area (TPSA) is 34.1 Å². The van der Waals surface area contributed by atoms with Crippen LogP contribution in [0.4, 0.5) is 0 Å². The van der Waals surface area contributed by atoms with Crippen LogP contribution in [-0.2, 0) is 9.59 Å². The van der Waals surface area contributed by atoms with Crippen molar-refractivity contribution in [1.82, 2.24) is 0 Å². The molecule has 5 rings (SSSR count). The molecular weight excluding hydrogens is 412 g/mol. The van der Waals surface area contributed by atoms with Crippen molar-refractivity contribution >= 4 is 36.3 Å². The van der Waals surface area contributed by atoms with Crippen molar-refractivity contribution in [2.45, 2.75) is 66.7 Å². The van der Waals surface area contributed by atoms with E-state index in [1.165, 1.54) is 0 Å². The number of benzene rings is 1. The zero-order valence-electron chi connectivity index (χ0n) is 20.1. The summed E-state index contributed by atoms with van der Waals surface area (Å²) in [6.07, 6.45) is 9.35. The van der Waals surface area contributed by atoms with Gasteiger partial charge in [-0.05, 0) is 83.6 Å². The van der Waals surface area contributed by atoms with E-state index in [1.54, 1.807) is 0 Å². The Kier molecular flexibility index (Phi) is 4.82. The van der Waals surface area contributed by atoms with Crippen molar-refractivity contribution in [2.75, 3.05) is 5.75 Å². The first-order valence-corrected chi connectivity index (χ1v) is 12.9. The summed E-state index contributed by atoms with van der Waals surface area (Å²) >= 11 is 4.58. The Labute approximate surface area is 198 Å². The van der Waals surface area contributed by atoms with Gasteiger partial charge >= 0.3 is 0 Å². The van der Waals surface area contributed by atoms with Crippen LogP contribution in [0.15, 0.2) is 35.4 Å².